The molecule has 0 atom stereocenters. The Labute approximate surface area is 114 Å². The number of hydrogen-bond donors (Lipinski definition) is 2. The van der Waals surface area contributed by atoms with Gasteiger partial charge in [-0.25, -0.2) is 4.79 Å². The van der Waals surface area contributed by atoms with Crippen LogP contribution in [0.1, 0.15) is 5.56 Å². The monoisotopic (exact) mass is 274 g/mol. The van der Waals surface area contributed by atoms with Crippen LogP contribution < -0.4 is 11.1 Å². The number of hydrogen-bond acceptors (Lipinski definition) is 3. The minimum absolute atomic E-state index is 0.446. The van der Waals surface area contributed by atoms with Gasteiger partial charge in [-0.05, 0) is 29.8 Å². The molecule has 5 heteroatoms. The third kappa shape index (κ3) is 2.48. The minimum atomic E-state index is -0.446. The van der Waals surface area contributed by atoms with Crippen LogP contribution in [0.4, 0.5) is 5.69 Å². The molecule has 4 nitrogen and oxygen atoms in total. The van der Waals surface area contributed by atoms with E-state index in [1.165, 1.54) is 0 Å². The Morgan fingerprint density at radius 1 is 1.21 bits per heavy atom. The van der Waals surface area contributed by atoms with Gasteiger partial charge in [-0.2, -0.15) is 0 Å². The number of nitrogens with one attached hydrogen (secondary N) is 2. The molecule has 0 saturated heterocycles. The zero-order chi connectivity index (χ0) is 13.2. The molecule has 0 unspecified atom stereocenters. The average Bonchev–Trinajstić information content (AvgIpc) is 2.77. The zero-order valence-corrected chi connectivity index (χ0v) is 10.7. The van der Waals surface area contributed by atoms with Gasteiger partial charge >= 0.3 is 5.76 Å². The van der Waals surface area contributed by atoms with Crippen LogP contribution in [0.2, 0.25) is 5.02 Å². The van der Waals surface area contributed by atoms with Gasteiger partial charge in [-0.3, -0.25) is 4.98 Å². The summed E-state index contributed by atoms with van der Waals surface area (Å²) in [6, 6.07) is 13.1. The molecule has 1 heterocycles. The normalized spacial score (nSPS) is 10.8. The van der Waals surface area contributed by atoms with Crippen molar-refractivity contribution in [3.05, 3.63) is 63.6 Å². The van der Waals surface area contributed by atoms with Gasteiger partial charge in [0.1, 0.15) is 0 Å². The number of aromatic nitrogens is 1. The van der Waals surface area contributed by atoms with Crippen LogP contribution in [0.25, 0.3) is 11.1 Å². The second-order valence-electron chi connectivity index (χ2n) is 4.17. The van der Waals surface area contributed by atoms with Crippen molar-refractivity contribution in [2.45, 2.75) is 6.54 Å². The molecule has 0 fully saturated rings. The van der Waals surface area contributed by atoms with E-state index in [2.05, 4.69) is 10.3 Å². The molecule has 2 aromatic carbocycles. The average molecular weight is 275 g/mol. The summed E-state index contributed by atoms with van der Waals surface area (Å²) in [5.41, 5.74) is 3.14. The topological polar surface area (TPSA) is 58.0 Å². The molecule has 0 bridgehead atoms. The lowest BCUT2D eigenvalue weighted by Gasteiger charge is -2.07. The van der Waals surface area contributed by atoms with Crippen molar-refractivity contribution in [3.8, 4) is 0 Å². The standard InChI is InChI=1S/C14H11ClN2O2/c15-11-4-2-1-3-9(11)8-16-10-5-6-13-12(7-10)17-14(18)19-13/h1-7,16H,8H2,(H,17,18). The van der Waals surface area contributed by atoms with E-state index in [4.69, 9.17) is 16.0 Å². The Kier molecular flexibility index (Phi) is 3.01. The van der Waals surface area contributed by atoms with E-state index in [1.807, 2.05) is 36.4 Å². The summed E-state index contributed by atoms with van der Waals surface area (Å²) in [5.74, 6) is -0.446. The van der Waals surface area contributed by atoms with Gasteiger partial charge in [0.2, 0.25) is 0 Å². The first-order valence-corrected chi connectivity index (χ1v) is 6.20. The van der Waals surface area contributed by atoms with Gasteiger partial charge in [0.15, 0.2) is 5.58 Å². The van der Waals surface area contributed by atoms with Crippen LogP contribution in [0, 0.1) is 0 Å². The molecule has 0 amide bonds. The first kappa shape index (κ1) is 11.9. The van der Waals surface area contributed by atoms with Crippen molar-refractivity contribution in [2.24, 2.45) is 0 Å². The zero-order valence-electron chi connectivity index (χ0n) is 9.94. The molecule has 0 radical (unpaired) electrons. The second-order valence-corrected chi connectivity index (χ2v) is 4.58. The predicted molar refractivity (Wildman–Crippen MR) is 75.6 cm³/mol. The van der Waals surface area contributed by atoms with Crippen molar-refractivity contribution in [1.29, 1.82) is 0 Å². The van der Waals surface area contributed by atoms with E-state index in [0.29, 0.717) is 17.6 Å². The van der Waals surface area contributed by atoms with Crippen LogP contribution in [-0.4, -0.2) is 4.98 Å². The summed E-state index contributed by atoms with van der Waals surface area (Å²) < 4.78 is 4.94. The molecular weight excluding hydrogens is 264 g/mol. The lowest BCUT2D eigenvalue weighted by atomic mass is 10.2. The van der Waals surface area contributed by atoms with Crippen LogP contribution in [0.3, 0.4) is 0 Å². The van der Waals surface area contributed by atoms with Gasteiger partial charge in [-0.1, -0.05) is 29.8 Å². The lowest BCUT2D eigenvalue weighted by Crippen LogP contribution is -1.99. The molecule has 19 heavy (non-hydrogen) atoms. The predicted octanol–water partition coefficient (Wildman–Crippen LogP) is 3.39. The quantitative estimate of drug-likeness (QED) is 0.770. The molecule has 96 valence electrons. The molecular formula is C14H11ClN2O2. The number of aromatic amines is 1. The van der Waals surface area contributed by atoms with Crippen molar-refractivity contribution in [3.63, 3.8) is 0 Å². The van der Waals surface area contributed by atoms with E-state index in [9.17, 15) is 4.79 Å². The fraction of sp³-hybridized carbons (Fsp3) is 0.0714. The van der Waals surface area contributed by atoms with Crippen molar-refractivity contribution >= 4 is 28.4 Å². The van der Waals surface area contributed by atoms with E-state index >= 15 is 0 Å². The summed E-state index contributed by atoms with van der Waals surface area (Å²) in [5, 5.41) is 3.98. The van der Waals surface area contributed by atoms with Crippen molar-refractivity contribution in [2.75, 3.05) is 5.32 Å². The molecule has 0 aliphatic carbocycles. The largest absolute Gasteiger partial charge is 0.417 e. The number of oxazole rings is 1. The van der Waals surface area contributed by atoms with Gasteiger partial charge in [0, 0.05) is 17.3 Å². The highest BCUT2D eigenvalue weighted by molar-refractivity contribution is 6.31. The van der Waals surface area contributed by atoms with Crippen LogP contribution in [0.5, 0.6) is 0 Å². The number of rotatable bonds is 3. The van der Waals surface area contributed by atoms with Gasteiger partial charge in [0.05, 0.1) is 5.52 Å². The summed E-state index contributed by atoms with van der Waals surface area (Å²) in [7, 11) is 0. The van der Waals surface area contributed by atoms with E-state index in [-0.39, 0.29) is 0 Å². The number of H-pyrrole nitrogens is 1. The smallest absolute Gasteiger partial charge is 0.408 e. The Morgan fingerprint density at radius 3 is 2.89 bits per heavy atom. The molecule has 0 saturated carbocycles. The van der Waals surface area contributed by atoms with Crippen molar-refractivity contribution in [1.82, 2.24) is 4.98 Å². The second kappa shape index (κ2) is 4.82. The highest BCUT2D eigenvalue weighted by Crippen LogP contribution is 2.19. The third-order valence-electron chi connectivity index (χ3n) is 2.86. The maximum atomic E-state index is 11.1. The number of benzene rings is 2. The molecule has 1 aromatic heterocycles. The molecule has 0 spiro atoms. The summed E-state index contributed by atoms with van der Waals surface area (Å²) in [6.45, 7) is 0.618. The fourth-order valence-electron chi connectivity index (χ4n) is 1.90. The van der Waals surface area contributed by atoms with Crippen LogP contribution in [0.15, 0.2) is 51.7 Å². The number of fused-ring (bicyclic) bond motifs is 1. The number of halogens is 1. The summed E-state index contributed by atoms with van der Waals surface area (Å²) in [6.07, 6.45) is 0. The first-order valence-electron chi connectivity index (χ1n) is 5.82. The minimum Gasteiger partial charge on any atom is -0.408 e. The van der Waals surface area contributed by atoms with Crippen LogP contribution in [-0.2, 0) is 6.54 Å². The molecule has 2 N–H and O–H groups in total. The van der Waals surface area contributed by atoms with E-state index in [0.717, 1.165) is 16.3 Å². The van der Waals surface area contributed by atoms with E-state index < -0.39 is 5.76 Å². The highest BCUT2D eigenvalue weighted by Gasteiger charge is 2.03. The summed E-state index contributed by atoms with van der Waals surface area (Å²) in [4.78, 5) is 13.7. The first-order chi connectivity index (χ1) is 9.22. The SMILES string of the molecule is O=c1[nH]c2cc(NCc3ccccc3Cl)ccc2o1. The summed E-state index contributed by atoms with van der Waals surface area (Å²) >= 11 is 6.09. The Bertz CT molecular complexity index is 776. The molecule has 3 aromatic rings. The molecule has 0 aliphatic heterocycles. The van der Waals surface area contributed by atoms with Gasteiger partial charge < -0.3 is 9.73 Å². The third-order valence-corrected chi connectivity index (χ3v) is 3.23. The van der Waals surface area contributed by atoms with Gasteiger partial charge in [0.25, 0.3) is 0 Å². The molecule has 0 aliphatic rings. The Hall–Kier alpha value is -2.20. The maximum absolute atomic E-state index is 11.1. The maximum Gasteiger partial charge on any atom is 0.417 e. The fourth-order valence-corrected chi connectivity index (χ4v) is 2.10. The molecule has 3 rings (SSSR count). The van der Waals surface area contributed by atoms with E-state index in [1.54, 1.807) is 6.07 Å². The number of anilines is 1. The highest BCUT2D eigenvalue weighted by atomic mass is 35.5. The van der Waals surface area contributed by atoms with Crippen molar-refractivity contribution < 1.29 is 4.42 Å². The lowest BCUT2D eigenvalue weighted by molar-refractivity contribution is 0.555. The Morgan fingerprint density at radius 2 is 2.05 bits per heavy atom. The van der Waals surface area contributed by atoms with Crippen LogP contribution >= 0.6 is 11.6 Å². The van der Waals surface area contributed by atoms with Gasteiger partial charge in [-0.15, -0.1) is 0 Å². The Balaban J connectivity index is 1.82.